The van der Waals surface area contributed by atoms with E-state index >= 15 is 0 Å². The Bertz CT molecular complexity index is 643. The molecule has 0 radical (unpaired) electrons. The lowest BCUT2D eigenvalue weighted by Crippen LogP contribution is -2.28. The minimum atomic E-state index is -0.569. The fraction of sp³-hybridized carbons (Fsp3) is 0.176. The average Bonchev–Trinajstić information content (AvgIpc) is 2.52. The first-order valence-corrected chi connectivity index (χ1v) is 6.84. The van der Waals surface area contributed by atoms with Crippen molar-refractivity contribution in [3.05, 3.63) is 71.5 Å². The summed E-state index contributed by atoms with van der Waals surface area (Å²) in [6.45, 7) is 0.0299. The van der Waals surface area contributed by atoms with Gasteiger partial charge >= 0.3 is 5.97 Å². The molecule has 0 bridgehead atoms. The maximum Gasteiger partial charge on any atom is 0.310 e. The quantitative estimate of drug-likeness (QED) is 0.832. The maximum absolute atomic E-state index is 13.0. The number of carbonyl (C=O) groups excluding carboxylic acids is 2. The first-order valence-electron chi connectivity index (χ1n) is 6.84. The smallest absolute Gasteiger partial charge is 0.310 e. The highest BCUT2D eigenvalue weighted by Gasteiger charge is 2.09. The zero-order valence-electron chi connectivity index (χ0n) is 11.9. The summed E-state index contributed by atoms with van der Waals surface area (Å²) in [5, 5.41) is 2.65. The highest BCUT2D eigenvalue weighted by molar-refractivity contribution is 5.81. The van der Waals surface area contributed by atoms with Crippen LogP contribution in [-0.4, -0.2) is 18.5 Å². The normalized spacial score (nSPS) is 10.0. The molecule has 114 valence electrons. The van der Waals surface area contributed by atoms with E-state index in [2.05, 4.69) is 5.32 Å². The van der Waals surface area contributed by atoms with E-state index in [0.29, 0.717) is 12.1 Å². The van der Waals surface area contributed by atoms with Gasteiger partial charge in [0.2, 0.25) is 0 Å². The Balaban J connectivity index is 1.70. The Morgan fingerprint density at radius 2 is 1.73 bits per heavy atom. The molecular formula is C17H16FNO3. The number of amides is 1. The van der Waals surface area contributed by atoms with Crippen LogP contribution in [0.15, 0.2) is 54.6 Å². The van der Waals surface area contributed by atoms with Crippen molar-refractivity contribution in [1.82, 2.24) is 5.32 Å². The van der Waals surface area contributed by atoms with E-state index in [1.54, 1.807) is 6.07 Å². The van der Waals surface area contributed by atoms with Gasteiger partial charge in [0, 0.05) is 6.54 Å². The molecule has 0 saturated carbocycles. The predicted molar refractivity (Wildman–Crippen MR) is 79.4 cm³/mol. The predicted octanol–water partition coefficient (Wildman–Crippen LogP) is 2.23. The molecule has 0 aliphatic heterocycles. The summed E-state index contributed by atoms with van der Waals surface area (Å²) < 4.78 is 17.8. The summed E-state index contributed by atoms with van der Waals surface area (Å²) in [6, 6.07) is 15.1. The number of hydrogen-bond acceptors (Lipinski definition) is 3. The second-order valence-corrected chi connectivity index (χ2v) is 4.73. The van der Waals surface area contributed by atoms with Crippen molar-refractivity contribution in [2.24, 2.45) is 0 Å². The molecule has 4 nitrogen and oxygen atoms in total. The molecule has 1 amide bonds. The van der Waals surface area contributed by atoms with Crippen molar-refractivity contribution < 1.29 is 18.7 Å². The van der Waals surface area contributed by atoms with Gasteiger partial charge in [0.25, 0.3) is 5.91 Å². The third-order valence-corrected chi connectivity index (χ3v) is 2.93. The first-order chi connectivity index (χ1) is 10.6. The molecule has 2 aromatic rings. The largest absolute Gasteiger partial charge is 0.455 e. The van der Waals surface area contributed by atoms with Crippen molar-refractivity contribution in [3.8, 4) is 0 Å². The molecule has 0 spiro atoms. The Morgan fingerprint density at radius 3 is 2.45 bits per heavy atom. The molecule has 2 aromatic carbocycles. The standard InChI is InChI=1S/C17H16FNO3/c18-15-8-4-7-14(9-15)10-17(21)22-12-16(20)19-11-13-5-2-1-3-6-13/h1-9H,10-12H2,(H,19,20). The lowest BCUT2D eigenvalue weighted by molar-refractivity contribution is -0.147. The van der Waals surface area contributed by atoms with Crippen LogP contribution in [0.1, 0.15) is 11.1 Å². The molecule has 0 saturated heterocycles. The van der Waals surface area contributed by atoms with Crippen molar-refractivity contribution in [1.29, 1.82) is 0 Å². The zero-order chi connectivity index (χ0) is 15.8. The molecule has 22 heavy (non-hydrogen) atoms. The molecule has 2 rings (SSSR count). The van der Waals surface area contributed by atoms with Gasteiger partial charge in [-0.25, -0.2) is 4.39 Å². The highest BCUT2D eigenvalue weighted by Crippen LogP contribution is 2.05. The van der Waals surface area contributed by atoms with Crippen LogP contribution in [0, 0.1) is 5.82 Å². The first kappa shape index (κ1) is 15.7. The lowest BCUT2D eigenvalue weighted by atomic mass is 10.1. The highest BCUT2D eigenvalue weighted by atomic mass is 19.1. The van der Waals surface area contributed by atoms with Crippen molar-refractivity contribution in [2.75, 3.05) is 6.61 Å². The van der Waals surface area contributed by atoms with E-state index in [1.165, 1.54) is 18.2 Å². The minimum Gasteiger partial charge on any atom is -0.455 e. The van der Waals surface area contributed by atoms with E-state index in [-0.39, 0.29) is 18.9 Å². The van der Waals surface area contributed by atoms with Crippen LogP contribution in [0.25, 0.3) is 0 Å². The summed E-state index contributed by atoms with van der Waals surface area (Å²) in [5.41, 5.74) is 1.47. The monoisotopic (exact) mass is 301 g/mol. The van der Waals surface area contributed by atoms with Crippen LogP contribution in [-0.2, 0) is 27.3 Å². The van der Waals surface area contributed by atoms with Gasteiger partial charge in [0.1, 0.15) is 5.82 Å². The van der Waals surface area contributed by atoms with Gasteiger partial charge in [0.15, 0.2) is 6.61 Å². The summed E-state index contributed by atoms with van der Waals surface area (Å²) >= 11 is 0. The topological polar surface area (TPSA) is 55.4 Å². The molecular weight excluding hydrogens is 285 g/mol. The van der Waals surface area contributed by atoms with Crippen LogP contribution < -0.4 is 5.32 Å². The number of esters is 1. The molecule has 0 unspecified atom stereocenters. The van der Waals surface area contributed by atoms with E-state index in [4.69, 9.17) is 4.74 Å². The summed E-state index contributed by atoms with van der Waals surface area (Å²) in [4.78, 5) is 23.2. The van der Waals surface area contributed by atoms with Gasteiger partial charge in [-0.05, 0) is 23.3 Å². The Kier molecular flexibility index (Phi) is 5.65. The van der Waals surface area contributed by atoms with Crippen molar-refractivity contribution in [2.45, 2.75) is 13.0 Å². The van der Waals surface area contributed by atoms with E-state index in [1.807, 2.05) is 30.3 Å². The molecule has 0 aliphatic rings. The number of halogens is 1. The molecule has 0 fully saturated rings. The lowest BCUT2D eigenvalue weighted by Gasteiger charge is -2.07. The summed E-state index contributed by atoms with van der Waals surface area (Å²) in [7, 11) is 0. The zero-order valence-corrected chi connectivity index (χ0v) is 11.9. The Labute approximate surface area is 127 Å². The van der Waals surface area contributed by atoms with Gasteiger partial charge in [-0.1, -0.05) is 42.5 Å². The van der Waals surface area contributed by atoms with E-state index < -0.39 is 11.8 Å². The molecule has 0 aliphatic carbocycles. The second-order valence-electron chi connectivity index (χ2n) is 4.73. The number of nitrogens with one attached hydrogen (secondary N) is 1. The van der Waals surface area contributed by atoms with Crippen LogP contribution in [0.2, 0.25) is 0 Å². The minimum absolute atomic E-state index is 0.0657. The second kappa shape index (κ2) is 7.93. The average molecular weight is 301 g/mol. The van der Waals surface area contributed by atoms with Gasteiger partial charge in [-0.2, -0.15) is 0 Å². The fourth-order valence-electron chi connectivity index (χ4n) is 1.86. The number of rotatable bonds is 6. The van der Waals surface area contributed by atoms with Gasteiger partial charge in [0.05, 0.1) is 6.42 Å². The van der Waals surface area contributed by atoms with Crippen LogP contribution in [0.5, 0.6) is 0 Å². The molecule has 1 N–H and O–H groups in total. The number of hydrogen-bond donors (Lipinski definition) is 1. The number of carbonyl (C=O) groups is 2. The molecule has 0 atom stereocenters. The van der Waals surface area contributed by atoms with Crippen molar-refractivity contribution in [3.63, 3.8) is 0 Å². The fourth-order valence-corrected chi connectivity index (χ4v) is 1.86. The van der Waals surface area contributed by atoms with Gasteiger partial charge in [-0.15, -0.1) is 0 Å². The SMILES string of the molecule is O=C(COC(=O)Cc1cccc(F)c1)NCc1ccccc1. The molecule has 0 aromatic heterocycles. The van der Waals surface area contributed by atoms with Gasteiger partial charge < -0.3 is 10.1 Å². The van der Waals surface area contributed by atoms with E-state index in [9.17, 15) is 14.0 Å². The van der Waals surface area contributed by atoms with Crippen LogP contribution in [0.3, 0.4) is 0 Å². The summed E-state index contributed by atoms with van der Waals surface area (Å²) in [6.07, 6.45) is -0.0657. The Morgan fingerprint density at radius 1 is 1.00 bits per heavy atom. The van der Waals surface area contributed by atoms with Crippen molar-refractivity contribution >= 4 is 11.9 Å². The van der Waals surface area contributed by atoms with Crippen LogP contribution >= 0.6 is 0 Å². The molecule has 0 heterocycles. The number of ether oxygens (including phenoxy) is 1. The third-order valence-electron chi connectivity index (χ3n) is 2.93. The molecule has 5 heteroatoms. The Hall–Kier alpha value is -2.69. The van der Waals surface area contributed by atoms with Gasteiger partial charge in [-0.3, -0.25) is 9.59 Å². The number of benzene rings is 2. The third kappa shape index (κ3) is 5.36. The van der Waals surface area contributed by atoms with E-state index in [0.717, 1.165) is 5.56 Å². The maximum atomic E-state index is 13.0. The van der Waals surface area contributed by atoms with Crippen LogP contribution in [0.4, 0.5) is 4.39 Å². The summed E-state index contributed by atoms with van der Waals surface area (Å²) in [5.74, 6) is -1.36.